The average Bonchev–Trinajstić information content (AvgIpc) is 2.79. The van der Waals surface area contributed by atoms with Crippen molar-refractivity contribution in [1.82, 2.24) is 15.5 Å². The van der Waals surface area contributed by atoms with E-state index >= 15 is 0 Å². The molecule has 2 aromatic carbocycles. The zero-order valence-electron chi connectivity index (χ0n) is 24.8. The van der Waals surface area contributed by atoms with E-state index in [0.717, 1.165) is 22.3 Å². The van der Waals surface area contributed by atoms with Crippen molar-refractivity contribution in [1.29, 1.82) is 0 Å². The first-order valence-electron chi connectivity index (χ1n) is 13.5. The Balaban J connectivity index is 2.60. The van der Waals surface area contributed by atoms with Crippen molar-refractivity contribution < 1.29 is 24.2 Å². The van der Waals surface area contributed by atoms with Crippen LogP contribution in [0.2, 0.25) is 0 Å². The monoisotopic (exact) mass is 539 g/mol. The highest BCUT2D eigenvalue weighted by molar-refractivity contribution is 5.92. The zero-order chi connectivity index (χ0) is 29.5. The van der Waals surface area contributed by atoms with Crippen LogP contribution in [0, 0.1) is 13.8 Å². The number of nitrogens with zero attached hydrogens (tertiary/aromatic N) is 1. The minimum atomic E-state index is -1.01. The fourth-order valence-electron chi connectivity index (χ4n) is 4.27. The quantitative estimate of drug-likeness (QED) is 0.399. The molecule has 2 rings (SSSR count). The Hall–Kier alpha value is -3.55. The fourth-order valence-corrected chi connectivity index (χ4v) is 4.27. The van der Waals surface area contributed by atoms with Crippen LogP contribution >= 0.6 is 0 Å². The van der Waals surface area contributed by atoms with Crippen molar-refractivity contribution in [3.63, 3.8) is 0 Å². The van der Waals surface area contributed by atoms with E-state index in [0.29, 0.717) is 13.0 Å². The number of amides is 3. The molecule has 0 radical (unpaired) electrons. The van der Waals surface area contributed by atoms with Crippen LogP contribution in [-0.4, -0.2) is 51.6 Å². The van der Waals surface area contributed by atoms with E-state index in [-0.39, 0.29) is 18.1 Å². The van der Waals surface area contributed by atoms with Gasteiger partial charge in [0, 0.05) is 18.5 Å². The minimum Gasteiger partial charge on any atom is -0.508 e. The van der Waals surface area contributed by atoms with Crippen molar-refractivity contribution in [2.75, 3.05) is 6.54 Å². The van der Waals surface area contributed by atoms with Crippen LogP contribution < -0.4 is 10.6 Å². The zero-order valence-corrected chi connectivity index (χ0v) is 24.8. The fraction of sp³-hybridized carbons (Fsp3) is 0.516. The molecule has 2 aromatic rings. The Labute approximate surface area is 233 Å². The molecule has 0 fully saturated rings. The highest BCUT2D eigenvalue weighted by Gasteiger charge is 2.37. The van der Waals surface area contributed by atoms with Gasteiger partial charge in [0.1, 0.15) is 23.4 Å². The molecule has 8 heteroatoms. The molecule has 214 valence electrons. The number of carbonyl (C=O) groups is 3. The molecule has 0 saturated carbocycles. The molecule has 0 aromatic heterocycles. The van der Waals surface area contributed by atoms with Crippen LogP contribution in [0.25, 0.3) is 0 Å². The average molecular weight is 540 g/mol. The van der Waals surface area contributed by atoms with E-state index in [1.165, 1.54) is 12.1 Å². The minimum absolute atomic E-state index is 0.100. The second kappa shape index (κ2) is 13.0. The summed E-state index contributed by atoms with van der Waals surface area (Å²) in [5.41, 5.74) is 2.06. The van der Waals surface area contributed by atoms with Gasteiger partial charge in [0.15, 0.2) is 0 Å². The highest BCUT2D eigenvalue weighted by Crippen LogP contribution is 2.28. The number of rotatable bonds is 9. The van der Waals surface area contributed by atoms with E-state index in [4.69, 9.17) is 4.74 Å². The molecule has 0 bridgehead atoms. The maximum atomic E-state index is 14.3. The largest absolute Gasteiger partial charge is 0.508 e. The van der Waals surface area contributed by atoms with Crippen LogP contribution in [0.15, 0.2) is 42.5 Å². The van der Waals surface area contributed by atoms with E-state index in [9.17, 15) is 19.5 Å². The van der Waals surface area contributed by atoms with E-state index in [1.807, 2.05) is 59.7 Å². The van der Waals surface area contributed by atoms with Crippen molar-refractivity contribution >= 4 is 17.9 Å². The molecule has 0 aliphatic rings. The molecule has 0 aliphatic heterocycles. The molecule has 8 nitrogen and oxygen atoms in total. The van der Waals surface area contributed by atoms with Crippen LogP contribution in [0.3, 0.4) is 0 Å². The summed E-state index contributed by atoms with van der Waals surface area (Å²) < 4.78 is 5.47. The number of carbonyl (C=O) groups excluding carboxylic acids is 3. The first-order chi connectivity index (χ1) is 18.0. The third kappa shape index (κ3) is 9.93. The topological polar surface area (TPSA) is 108 Å². The molecular formula is C31H45N3O5. The van der Waals surface area contributed by atoms with Crippen molar-refractivity contribution in [3.8, 4) is 5.75 Å². The number of phenols is 1. The lowest BCUT2D eigenvalue weighted by atomic mass is 9.94. The number of benzene rings is 2. The van der Waals surface area contributed by atoms with Crippen molar-refractivity contribution in [2.45, 2.75) is 98.4 Å². The van der Waals surface area contributed by atoms with Crippen molar-refractivity contribution in [3.05, 3.63) is 64.7 Å². The first kappa shape index (κ1) is 31.7. The molecule has 3 amide bonds. The lowest BCUT2D eigenvalue weighted by Gasteiger charge is -2.36. The Bertz CT molecular complexity index is 1150. The number of aromatic hydroxyl groups is 1. The smallest absolute Gasteiger partial charge is 0.408 e. The van der Waals surface area contributed by atoms with E-state index < -0.39 is 35.2 Å². The Kier molecular flexibility index (Phi) is 10.6. The van der Waals surface area contributed by atoms with E-state index in [1.54, 1.807) is 37.8 Å². The van der Waals surface area contributed by atoms with E-state index in [2.05, 4.69) is 10.6 Å². The van der Waals surface area contributed by atoms with Gasteiger partial charge < -0.3 is 25.4 Å². The summed E-state index contributed by atoms with van der Waals surface area (Å²) in [5.74, 6) is -0.590. The van der Waals surface area contributed by atoms with Crippen LogP contribution in [0.1, 0.15) is 83.2 Å². The van der Waals surface area contributed by atoms with Crippen molar-refractivity contribution in [2.24, 2.45) is 0 Å². The van der Waals surface area contributed by atoms with Gasteiger partial charge in [0.25, 0.3) is 0 Å². The number of alkyl carbamates (subject to hydrolysis) is 1. The Morgan fingerprint density at radius 3 is 2.13 bits per heavy atom. The van der Waals surface area contributed by atoms with Gasteiger partial charge in [0.2, 0.25) is 11.8 Å². The predicted molar refractivity (Wildman–Crippen MR) is 154 cm³/mol. The standard InChI is InChI=1S/C31H45N3O5/c1-10-17-34(26(27(36)33-30(4,5)6)24-18-20(2)11-12-21(24)3)28(37)25(32-29(38)39-31(7,8)9)19-22-13-15-23(35)16-14-22/h11-16,18,25-26,35H,10,17,19H2,1-9H3,(H,32,38)(H,33,36). The van der Waals surface area contributed by atoms with Gasteiger partial charge in [-0.15, -0.1) is 0 Å². The summed E-state index contributed by atoms with van der Waals surface area (Å²) in [6.07, 6.45) is 0.0336. The van der Waals surface area contributed by atoms with Crippen LogP contribution in [-0.2, 0) is 20.7 Å². The molecule has 0 heterocycles. The Morgan fingerprint density at radius 2 is 1.59 bits per heavy atom. The third-order valence-electron chi connectivity index (χ3n) is 5.90. The molecule has 2 unspecified atom stereocenters. The van der Waals surface area contributed by atoms with Gasteiger partial charge in [-0.1, -0.05) is 42.8 Å². The van der Waals surface area contributed by atoms with Gasteiger partial charge in [0.05, 0.1) is 0 Å². The second-order valence-corrected chi connectivity index (χ2v) is 12.1. The molecule has 0 saturated heterocycles. The predicted octanol–water partition coefficient (Wildman–Crippen LogP) is 5.34. The number of nitrogens with one attached hydrogen (secondary N) is 2. The number of hydrogen-bond acceptors (Lipinski definition) is 5. The lowest BCUT2D eigenvalue weighted by molar-refractivity contribution is -0.143. The number of phenolic OH excluding ortho intramolecular Hbond substituents is 1. The molecule has 2 atom stereocenters. The molecule has 0 aliphatic carbocycles. The molecule has 39 heavy (non-hydrogen) atoms. The van der Waals surface area contributed by atoms with Gasteiger partial charge in [-0.2, -0.15) is 0 Å². The van der Waals surface area contributed by atoms with Crippen LogP contribution in [0.5, 0.6) is 5.75 Å². The SMILES string of the molecule is CCCN(C(=O)C(Cc1ccc(O)cc1)NC(=O)OC(C)(C)C)C(C(=O)NC(C)(C)C)c1cc(C)ccc1C. The Morgan fingerprint density at radius 1 is 0.974 bits per heavy atom. The second-order valence-electron chi connectivity index (χ2n) is 12.1. The highest BCUT2D eigenvalue weighted by atomic mass is 16.6. The summed E-state index contributed by atoms with van der Waals surface area (Å²) in [5, 5.41) is 15.5. The summed E-state index contributed by atoms with van der Waals surface area (Å²) in [7, 11) is 0. The number of ether oxygens (including phenoxy) is 1. The third-order valence-corrected chi connectivity index (χ3v) is 5.90. The molecule has 0 spiro atoms. The summed E-state index contributed by atoms with van der Waals surface area (Å²) in [4.78, 5) is 42.5. The normalized spacial score (nSPS) is 13.3. The summed E-state index contributed by atoms with van der Waals surface area (Å²) in [6.45, 7) is 17.1. The first-order valence-corrected chi connectivity index (χ1v) is 13.5. The number of hydrogen-bond donors (Lipinski definition) is 3. The molecular weight excluding hydrogens is 494 g/mol. The summed E-state index contributed by atoms with van der Waals surface area (Å²) in [6, 6.07) is 10.4. The maximum Gasteiger partial charge on any atom is 0.408 e. The molecule has 3 N–H and O–H groups in total. The van der Waals surface area contributed by atoms with Gasteiger partial charge in [-0.25, -0.2) is 4.79 Å². The summed E-state index contributed by atoms with van der Waals surface area (Å²) >= 11 is 0. The number of aryl methyl sites for hydroxylation is 2. The van der Waals surface area contributed by atoms with Gasteiger partial charge in [-0.3, -0.25) is 9.59 Å². The maximum absolute atomic E-state index is 14.3. The van der Waals surface area contributed by atoms with Gasteiger partial charge in [-0.05, 0) is 90.6 Å². The van der Waals surface area contributed by atoms with Gasteiger partial charge >= 0.3 is 6.09 Å². The lowest BCUT2D eigenvalue weighted by Crippen LogP contribution is -2.55. The van der Waals surface area contributed by atoms with Crippen LogP contribution in [0.4, 0.5) is 4.79 Å².